The van der Waals surface area contributed by atoms with Crippen LogP contribution in [0.5, 0.6) is 0 Å². The van der Waals surface area contributed by atoms with E-state index in [1.54, 1.807) is 0 Å². The maximum Gasteiger partial charge on any atom is 0.273 e. The summed E-state index contributed by atoms with van der Waals surface area (Å²) in [5.74, 6) is -0.416. The minimum absolute atomic E-state index is 0.0404. The molecule has 0 saturated carbocycles. The van der Waals surface area contributed by atoms with Crippen LogP contribution in [0.4, 0.5) is 0 Å². The number of nitrogens with zero attached hydrogens (tertiary/aromatic N) is 4. The van der Waals surface area contributed by atoms with Crippen LogP contribution in [-0.4, -0.2) is 57.5 Å². The molecule has 1 saturated heterocycles. The number of likely N-dealkylation sites (tertiary alicyclic amines) is 1. The molecule has 8 heteroatoms. The van der Waals surface area contributed by atoms with Crippen molar-refractivity contribution in [3.05, 3.63) is 57.8 Å². The molecule has 0 spiro atoms. The summed E-state index contributed by atoms with van der Waals surface area (Å²) in [6, 6.07) is 6.49. The van der Waals surface area contributed by atoms with E-state index in [1.165, 1.54) is 29.0 Å². The zero-order valence-corrected chi connectivity index (χ0v) is 15.5. The van der Waals surface area contributed by atoms with Gasteiger partial charge >= 0.3 is 0 Å². The van der Waals surface area contributed by atoms with E-state index in [1.807, 2.05) is 32.0 Å². The number of aryl methyl sites for hydroxylation is 1. The predicted molar refractivity (Wildman–Crippen MR) is 100 cm³/mol. The van der Waals surface area contributed by atoms with Crippen LogP contribution in [0.2, 0.25) is 0 Å². The Hall–Kier alpha value is -3.00. The lowest BCUT2D eigenvalue weighted by Crippen LogP contribution is -2.39. The van der Waals surface area contributed by atoms with Gasteiger partial charge in [0, 0.05) is 12.5 Å². The van der Waals surface area contributed by atoms with E-state index >= 15 is 0 Å². The van der Waals surface area contributed by atoms with E-state index in [-0.39, 0.29) is 24.4 Å². The van der Waals surface area contributed by atoms with Gasteiger partial charge in [-0.3, -0.25) is 14.2 Å². The Labute approximate surface area is 156 Å². The number of aliphatic hydroxyl groups excluding tert-OH is 1. The molecular weight excluding hydrogens is 348 g/mol. The van der Waals surface area contributed by atoms with E-state index < -0.39 is 11.9 Å². The highest BCUT2D eigenvalue weighted by atomic mass is 16.6. The Morgan fingerprint density at radius 2 is 2.19 bits per heavy atom. The molecule has 1 amide bonds. The second kappa shape index (κ2) is 7.71. The van der Waals surface area contributed by atoms with Gasteiger partial charge in [0.2, 0.25) is 0 Å². The van der Waals surface area contributed by atoms with Gasteiger partial charge in [0.25, 0.3) is 11.5 Å². The molecular formula is C19H22N4O4. The highest BCUT2D eigenvalue weighted by Gasteiger charge is 2.34. The Morgan fingerprint density at radius 3 is 2.85 bits per heavy atom. The zero-order valence-electron chi connectivity index (χ0n) is 15.5. The first-order valence-corrected chi connectivity index (χ1v) is 8.62. The number of hydrogen-bond donors (Lipinski definition) is 1. The Morgan fingerprint density at radius 1 is 1.41 bits per heavy atom. The van der Waals surface area contributed by atoms with Crippen LogP contribution >= 0.6 is 0 Å². The number of oxime groups is 1. The highest BCUT2D eigenvalue weighted by Crippen LogP contribution is 2.19. The summed E-state index contributed by atoms with van der Waals surface area (Å²) in [5.41, 5.74) is 3.13. The fraction of sp³-hybridized carbons (Fsp3) is 0.368. The molecule has 3 rings (SSSR count). The van der Waals surface area contributed by atoms with Gasteiger partial charge in [0.1, 0.15) is 19.1 Å². The summed E-state index contributed by atoms with van der Waals surface area (Å²) in [6.45, 7) is 3.94. The lowest BCUT2D eigenvalue weighted by Gasteiger charge is -2.21. The molecule has 1 atom stereocenters. The zero-order chi connectivity index (χ0) is 19.6. The van der Waals surface area contributed by atoms with Gasteiger partial charge in [0.05, 0.1) is 30.6 Å². The molecule has 0 radical (unpaired) electrons. The number of aliphatic hydroxyl groups is 1. The van der Waals surface area contributed by atoms with Crippen molar-refractivity contribution in [3.63, 3.8) is 0 Å². The largest absolute Gasteiger partial charge is 0.399 e. The van der Waals surface area contributed by atoms with E-state index in [0.717, 1.165) is 16.8 Å². The second-order valence-corrected chi connectivity index (χ2v) is 6.52. The number of aromatic nitrogens is 2. The van der Waals surface area contributed by atoms with Crippen LogP contribution in [0.1, 0.15) is 28.0 Å². The van der Waals surface area contributed by atoms with Crippen molar-refractivity contribution < 1.29 is 14.7 Å². The van der Waals surface area contributed by atoms with Gasteiger partial charge in [-0.2, -0.15) is 0 Å². The quantitative estimate of drug-likeness (QED) is 0.812. The van der Waals surface area contributed by atoms with Gasteiger partial charge in [0.15, 0.2) is 0 Å². The summed E-state index contributed by atoms with van der Waals surface area (Å²) >= 11 is 0. The smallest absolute Gasteiger partial charge is 0.273 e. The number of carbonyl (C=O) groups excluding carboxylic acids is 1. The average Bonchev–Trinajstić information content (AvgIpc) is 3.07. The monoisotopic (exact) mass is 370 g/mol. The molecule has 1 fully saturated rings. The van der Waals surface area contributed by atoms with Gasteiger partial charge < -0.3 is 14.8 Å². The predicted octanol–water partition coefficient (Wildman–Crippen LogP) is 1.06. The molecule has 1 aromatic carbocycles. The molecule has 142 valence electrons. The summed E-state index contributed by atoms with van der Waals surface area (Å²) in [6.07, 6.45) is 1.79. The first-order chi connectivity index (χ1) is 13.0. The number of hydrogen-bond acceptors (Lipinski definition) is 6. The van der Waals surface area contributed by atoms with Gasteiger partial charge in [-0.1, -0.05) is 17.3 Å². The van der Waals surface area contributed by atoms with Crippen molar-refractivity contribution in [1.29, 1.82) is 0 Å². The summed E-state index contributed by atoms with van der Waals surface area (Å²) in [7, 11) is 1.43. The molecule has 1 aromatic heterocycles. The van der Waals surface area contributed by atoms with Crippen LogP contribution in [0.3, 0.4) is 0 Å². The van der Waals surface area contributed by atoms with Crippen molar-refractivity contribution in [2.24, 2.45) is 5.16 Å². The Kier molecular flexibility index (Phi) is 5.36. The molecule has 1 aliphatic heterocycles. The number of rotatable bonds is 4. The summed E-state index contributed by atoms with van der Waals surface area (Å²) < 4.78 is 1.42. The Bertz CT molecular complexity index is 951. The maximum absolute atomic E-state index is 12.8. The standard InChI is InChI=1S/C19H22N4O4/c1-12-5-4-6-17(13(12)2)23-11-20-16(8-18(23)25)19(26)22-9-14(21-27-3)7-15(22)10-24/h4-6,8,11,15,24H,7,9-10H2,1-3H3. The fourth-order valence-corrected chi connectivity index (χ4v) is 3.21. The van der Waals surface area contributed by atoms with Crippen molar-refractivity contribution in [1.82, 2.24) is 14.5 Å². The molecule has 1 N–H and O–H groups in total. The molecule has 0 bridgehead atoms. The second-order valence-electron chi connectivity index (χ2n) is 6.52. The van der Waals surface area contributed by atoms with Crippen LogP contribution in [0.15, 0.2) is 40.5 Å². The molecule has 2 heterocycles. The normalized spacial score (nSPS) is 18.1. The van der Waals surface area contributed by atoms with Crippen molar-refractivity contribution in [2.75, 3.05) is 20.3 Å². The molecule has 1 unspecified atom stereocenters. The van der Waals surface area contributed by atoms with Gasteiger partial charge in [-0.05, 0) is 31.0 Å². The minimum atomic E-state index is -0.416. The minimum Gasteiger partial charge on any atom is -0.399 e. The number of benzene rings is 1. The number of carbonyl (C=O) groups is 1. The first-order valence-electron chi connectivity index (χ1n) is 8.62. The van der Waals surface area contributed by atoms with Crippen LogP contribution < -0.4 is 5.56 Å². The van der Waals surface area contributed by atoms with E-state index in [2.05, 4.69) is 10.1 Å². The molecule has 0 aliphatic carbocycles. The average molecular weight is 370 g/mol. The maximum atomic E-state index is 12.8. The van der Waals surface area contributed by atoms with Crippen LogP contribution in [0.25, 0.3) is 5.69 Å². The third-order valence-corrected chi connectivity index (χ3v) is 4.82. The van der Waals surface area contributed by atoms with Crippen LogP contribution in [0, 0.1) is 13.8 Å². The SMILES string of the molecule is CON=C1CC(CO)N(C(=O)c2cc(=O)n(-c3cccc(C)c3C)cn2)C1. The Balaban J connectivity index is 1.91. The van der Waals surface area contributed by atoms with Crippen molar-refractivity contribution in [2.45, 2.75) is 26.3 Å². The van der Waals surface area contributed by atoms with Crippen molar-refractivity contribution in [3.8, 4) is 5.69 Å². The lowest BCUT2D eigenvalue weighted by atomic mass is 10.1. The van der Waals surface area contributed by atoms with Crippen molar-refractivity contribution >= 4 is 11.6 Å². The molecule has 1 aliphatic rings. The van der Waals surface area contributed by atoms with E-state index in [0.29, 0.717) is 12.1 Å². The summed E-state index contributed by atoms with van der Waals surface area (Å²) in [5, 5.41) is 13.4. The topological polar surface area (TPSA) is 97.0 Å². The third kappa shape index (κ3) is 3.61. The molecule has 27 heavy (non-hydrogen) atoms. The van der Waals surface area contributed by atoms with Gasteiger partial charge in [-0.25, -0.2) is 4.98 Å². The van der Waals surface area contributed by atoms with E-state index in [4.69, 9.17) is 4.84 Å². The highest BCUT2D eigenvalue weighted by molar-refractivity contribution is 5.99. The van der Waals surface area contributed by atoms with E-state index in [9.17, 15) is 14.7 Å². The fourth-order valence-electron chi connectivity index (χ4n) is 3.21. The first kappa shape index (κ1) is 18.8. The summed E-state index contributed by atoms with van der Waals surface area (Å²) in [4.78, 5) is 35.8. The number of amides is 1. The third-order valence-electron chi connectivity index (χ3n) is 4.82. The van der Waals surface area contributed by atoms with Crippen LogP contribution in [-0.2, 0) is 4.84 Å². The lowest BCUT2D eigenvalue weighted by molar-refractivity contribution is 0.0674. The molecule has 8 nitrogen and oxygen atoms in total. The van der Waals surface area contributed by atoms with Gasteiger partial charge in [-0.15, -0.1) is 0 Å². The molecule has 2 aromatic rings.